The number of carbonyl (C=O) groups is 3. The summed E-state index contributed by atoms with van der Waals surface area (Å²) in [5.74, 6) is -3.51. The molecular weight excluding hydrogens is 642 g/mol. The summed E-state index contributed by atoms with van der Waals surface area (Å²) in [5, 5.41) is 13.3. The predicted octanol–water partition coefficient (Wildman–Crippen LogP) is 5.48. The highest BCUT2D eigenvalue weighted by atomic mass is 32.1. The molecule has 248 valence electrons. The summed E-state index contributed by atoms with van der Waals surface area (Å²) in [4.78, 5) is 64.1. The van der Waals surface area contributed by atoms with Crippen LogP contribution in [-0.2, 0) is 14.2 Å². The van der Waals surface area contributed by atoms with Gasteiger partial charge in [0.2, 0.25) is 17.7 Å². The molecule has 3 N–H and O–H groups in total. The van der Waals surface area contributed by atoms with Crippen LogP contribution in [0.1, 0.15) is 78.1 Å². The van der Waals surface area contributed by atoms with Gasteiger partial charge >= 0.3 is 7.60 Å². The first-order valence-electron chi connectivity index (χ1n) is 16.1. The molecule has 0 bridgehead atoms. The van der Waals surface area contributed by atoms with E-state index in [0.29, 0.717) is 48.4 Å². The number of halogens is 1. The molecule has 3 fully saturated rings. The van der Waals surface area contributed by atoms with Gasteiger partial charge in [0.1, 0.15) is 12.1 Å². The van der Waals surface area contributed by atoms with Gasteiger partial charge < -0.3 is 24.9 Å². The van der Waals surface area contributed by atoms with E-state index in [4.69, 9.17) is 0 Å². The van der Waals surface area contributed by atoms with Crippen molar-refractivity contribution in [2.24, 2.45) is 11.8 Å². The second-order valence-electron chi connectivity index (χ2n) is 12.9. The van der Waals surface area contributed by atoms with E-state index in [1.165, 1.54) is 24.3 Å². The number of amides is 3. The Kier molecular flexibility index (Phi) is 9.54. The maximum Gasteiger partial charge on any atom is 0.363 e. The zero-order chi connectivity index (χ0) is 33.5. The van der Waals surface area contributed by atoms with Crippen LogP contribution in [0.4, 0.5) is 4.39 Å². The van der Waals surface area contributed by atoms with Crippen LogP contribution < -0.4 is 5.32 Å². The summed E-state index contributed by atoms with van der Waals surface area (Å²) in [7, 11) is -4.99. The maximum atomic E-state index is 14.3. The highest BCUT2D eigenvalue weighted by Gasteiger charge is 2.48. The molecule has 3 aliphatic heterocycles. The Bertz CT molecular complexity index is 1760. The fourth-order valence-corrected chi connectivity index (χ4v) is 9.01. The number of alkyl halides is 1. The van der Waals surface area contributed by atoms with Crippen molar-refractivity contribution in [1.82, 2.24) is 15.1 Å². The number of thiophene rings is 1. The standard InChI is InChI=1S/C34H38FN4O6PS/c1-2-20-8-11-27(37-32(40)30-16-23-15-22(9-13-29(23)47-30)31(35)46(43,44)45)33(41)39-25(14-20)10-12-28(39)34(42)38-18-24(17-36)26(19-38)21-6-4-3-5-7-21/h3-7,9,13,15-16,20,24-28,31H,2,8,10-12,14,18-19H2,1H3,(H,37,40)(H2,43,44,45)/t20-,24-,25-,26+,27+,28+,31?/m1/s1. The molecule has 0 aliphatic carbocycles. The molecule has 3 saturated heterocycles. The quantitative estimate of drug-likeness (QED) is 0.280. The number of nitrogens with zero attached hydrogens (tertiary/aromatic N) is 3. The van der Waals surface area contributed by atoms with Crippen LogP contribution in [0, 0.1) is 23.2 Å². The fraction of sp³-hybridized carbons (Fsp3) is 0.471. The minimum Gasteiger partial charge on any atom is -0.340 e. The van der Waals surface area contributed by atoms with Crippen LogP contribution in [0.3, 0.4) is 0 Å². The molecule has 1 unspecified atom stereocenters. The number of hydrogen-bond donors (Lipinski definition) is 3. The number of benzene rings is 2. The Morgan fingerprint density at radius 3 is 2.57 bits per heavy atom. The molecule has 0 spiro atoms. The molecule has 3 aliphatic rings. The molecule has 2 aromatic carbocycles. The molecule has 0 radical (unpaired) electrons. The van der Waals surface area contributed by atoms with Crippen LogP contribution in [0.25, 0.3) is 10.1 Å². The number of rotatable bonds is 7. The third kappa shape index (κ3) is 6.72. The fourth-order valence-electron chi connectivity index (χ4n) is 7.51. The minimum absolute atomic E-state index is 0.105. The topological polar surface area (TPSA) is 151 Å². The van der Waals surface area contributed by atoms with Gasteiger partial charge in [0.25, 0.3) is 5.91 Å². The number of carbonyl (C=O) groups excluding carboxylic acids is 3. The maximum absolute atomic E-state index is 14.3. The van der Waals surface area contributed by atoms with E-state index in [1.54, 1.807) is 9.80 Å². The number of nitrogens with one attached hydrogen (secondary N) is 1. The first kappa shape index (κ1) is 33.3. The lowest BCUT2D eigenvalue weighted by atomic mass is 9.87. The van der Waals surface area contributed by atoms with Crippen LogP contribution >= 0.6 is 18.9 Å². The van der Waals surface area contributed by atoms with Gasteiger partial charge in [0.05, 0.1) is 16.9 Å². The normalized spacial score (nSPS) is 27.2. The molecule has 47 heavy (non-hydrogen) atoms. The van der Waals surface area contributed by atoms with Gasteiger partial charge in [0.15, 0.2) is 0 Å². The molecule has 3 amide bonds. The van der Waals surface area contributed by atoms with Crippen LogP contribution in [0.2, 0.25) is 0 Å². The first-order valence-corrected chi connectivity index (χ1v) is 18.6. The second-order valence-corrected chi connectivity index (χ2v) is 15.6. The van der Waals surface area contributed by atoms with Crippen molar-refractivity contribution in [3.05, 3.63) is 70.6 Å². The first-order chi connectivity index (χ1) is 22.5. The summed E-state index contributed by atoms with van der Waals surface area (Å²) in [6.07, 6.45) is 4.10. The Hall–Kier alpha value is -3.62. The summed E-state index contributed by atoms with van der Waals surface area (Å²) in [6.45, 7) is 2.83. The van der Waals surface area contributed by atoms with E-state index in [9.17, 15) is 38.4 Å². The second kappa shape index (κ2) is 13.5. The predicted molar refractivity (Wildman–Crippen MR) is 175 cm³/mol. The van der Waals surface area contributed by atoms with Crippen molar-refractivity contribution in [3.63, 3.8) is 0 Å². The van der Waals surface area contributed by atoms with E-state index in [2.05, 4.69) is 18.3 Å². The molecule has 3 aromatic rings. The van der Waals surface area contributed by atoms with E-state index in [-0.39, 0.29) is 40.1 Å². The smallest absolute Gasteiger partial charge is 0.340 e. The van der Waals surface area contributed by atoms with Crippen molar-refractivity contribution in [2.75, 3.05) is 13.1 Å². The highest BCUT2D eigenvalue weighted by molar-refractivity contribution is 7.51. The van der Waals surface area contributed by atoms with Gasteiger partial charge in [-0.3, -0.25) is 18.9 Å². The SMILES string of the molecule is CC[C@@H]1CC[C@H](NC(=O)c2cc3cc(C(F)P(=O)(O)O)ccc3s2)C(=O)N2[C@H](CC[C@H]2C(=O)N2C[C@@H](C#N)[C@H](c3ccccc3)C2)C1. The van der Waals surface area contributed by atoms with Crippen molar-refractivity contribution in [2.45, 2.75) is 75.4 Å². The van der Waals surface area contributed by atoms with E-state index in [0.717, 1.165) is 36.2 Å². The summed E-state index contributed by atoms with van der Waals surface area (Å²) in [5.41, 5.74) is 0.833. The molecule has 6 rings (SSSR count). The lowest BCUT2D eigenvalue weighted by Crippen LogP contribution is -2.57. The Morgan fingerprint density at radius 2 is 1.87 bits per heavy atom. The molecule has 7 atom stereocenters. The van der Waals surface area contributed by atoms with Crippen LogP contribution in [0.15, 0.2) is 54.6 Å². The summed E-state index contributed by atoms with van der Waals surface area (Å²) >= 11 is 1.14. The van der Waals surface area contributed by atoms with Gasteiger partial charge in [-0.25, -0.2) is 4.39 Å². The van der Waals surface area contributed by atoms with E-state index < -0.39 is 31.5 Å². The average molecular weight is 681 g/mol. The number of hydrogen-bond acceptors (Lipinski definition) is 6. The average Bonchev–Trinajstić information content (AvgIpc) is 3.80. The highest BCUT2D eigenvalue weighted by Crippen LogP contribution is 2.53. The van der Waals surface area contributed by atoms with Gasteiger partial charge in [-0.05, 0) is 72.7 Å². The van der Waals surface area contributed by atoms with Crippen LogP contribution in [0.5, 0.6) is 0 Å². The van der Waals surface area contributed by atoms with Gasteiger partial charge in [-0.2, -0.15) is 5.26 Å². The Morgan fingerprint density at radius 1 is 1.11 bits per heavy atom. The van der Waals surface area contributed by atoms with Gasteiger partial charge in [0, 0.05) is 29.7 Å². The van der Waals surface area contributed by atoms with E-state index >= 15 is 0 Å². The summed E-state index contributed by atoms with van der Waals surface area (Å²) < 4.78 is 26.4. The lowest BCUT2D eigenvalue weighted by molar-refractivity contribution is -0.147. The lowest BCUT2D eigenvalue weighted by Gasteiger charge is -2.38. The van der Waals surface area contributed by atoms with Crippen molar-refractivity contribution < 1.29 is 33.1 Å². The minimum atomic E-state index is -4.99. The largest absolute Gasteiger partial charge is 0.363 e. The van der Waals surface area contributed by atoms with Gasteiger partial charge in [-0.1, -0.05) is 49.7 Å². The Balaban J connectivity index is 1.22. The van der Waals surface area contributed by atoms with Crippen molar-refractivity contribution in [3.8, 4) is 6.07 Å². The van der Waals surface area contributed by atoms with E-state index in [1.807, 2.05) is 30.3 Å². The molecule has 1 aromatic heterocycles. The number of fused-ring (bicyclic) bond motifs is 2. The van der Waals surface area contributed by atoms with Crippen LogP contribution in [-0.4, -0.2) is 68.5 Å². The molecule has 10 nitrogen and oxygen atoms in total. The number of likely N-dealkylation sites (tertiary alicyclic amines) is 1. The Labute approximate surface area is 276 Å². The molecule has 13 heteroatoms. The van der Waals surface area contributed by atoms with Crippen molar-refractivity contribution >= 4 is 46.7 Å². The number of nitriles is 1. The van der Waals surface area contributed by atoms with Crippen molar-refractivity contribution in [1.29, 1.82) is 5.26 Å². The monoisotopic (exact) mass is 680 g/mol. The zero-order valence-electron chi connectivity index (χ0n) is 26.0. The summed E-state index contributed by atoms with van der Waals surface area (Å²) in [6, 6.07) is 16.1. The third-order valence-corrected chi connectivity index (χ3v) is 12.1. The third-order valence-electron chi connectivity index (χ3n) is 10.1. The zero-order valence-corrected chi connectivity index (χ0v) is 27.7. The molecule has 4 heterocycles. The molecular formula is C34H38FN4O6PS. The molecule has 0 saturated carbocycles. The van der Waals surface area contributed by atoms with Gasteiger partial charge in [-0.15, -0.1) is 11.3 Å².